The second-order valence-electron chi connectivity index (χ2n) is 6.28. The maximum Gasteiger partial charge on any atom is 0.222 e. The highest BCUT2D eigenvalue weighted by atomic mass is 32.1. The number of thiazole rings is 1. The van der Waals surface area contributed by atoms with Crippen LogP contribution >= 0.6 is 11.3 Å². The van der Waals surface area contributed by atoms with Crippen molar-refractivity contribution in [1.29, 1.82) is 0 Å². The lowest BCUT2D eigenvalue weighted by atomic mass is 10.1. The van der Waals surface area contributed by atoms with Crippen molar-refractivity contribution in [3.8, 4) is 5.75 Å². The Hall–Kier alpha value is -1.92. The fourth-order valence-corrected chi connectivity index (χ4v) is 3.24. The molecule has 1 aromatic carbocycles. The van der Waals surface area contributed by atoms with Crippen molar-refractivity contribution in [2.24, 2.45) is 0 Å². The number of benzene rings is 1. The van der Waals surface area contributed by atoms with E-state index in [1.54, 1.807) is 18.4 Å². The zero-order valence-corrected chi connectivity index (χ0v) is 16.9. The first-order chi connectivity index (χ1) is 12.5. The Labute approximate surface area is 160 Å². The number of carbonyl (C=O) groups excluding carboxylic acids is 1. The molecule has 1 heterocycles. The number of amides is 1. The summed E-state index contributed by atoms with van der Waals surface area (Å²) in [5, 5.41) is 2.92. The summed E-state index contributed by atoms with van der Waals surface area (Å²) >= 11 is 1.57. The standard InChI is InChI=1S/C20H28N2O3S/c1-5-20(23)22(9-6-10-24-4)12-17-14-26-19(21-17)13-25-18-8-7-15(2)16(3)11-18/h7-8,11,14H,5-6,9-10,12-13H2,1-4H3. The van der Waals surface area contributed by atoms with Crippen LogP contribution < -0.4 is 4.74 Å². The highest BCUT2D eigenvalue weighted by Crippen LogP contribution is 2.19. The SMILES string of the molecule is CCC(=O)N(CCCOC)Cc1csc(COc2ccc(C)c(C)c2)n1. The third kappa shape index (κ3) is 6.11. The van der Waals surface area contributed by atoms with Crippen molar-refractivity contribution in [1.82, 2.24) is 9.88 Å². The van der Waals surface area contributed by atoms with E-state index in [1.807, 2.05) is 29.3 Å². The van der Waals surface area contributed by atoms with E-state index in [9.17, 15) is 4.79 Å². The first-order valence-corrected chi connectivity index (χ1v) is 9.81. The maximum absolute atomic E-state index is 12.1. The Morgan fingerprint density at radius 2 is 2.08 bits per heavy atom. The summed E-state index contributed by atoms with van der Waals surface area (Å²) in [5.41, 5.74) is 3.38. The summed E-state index contributed by atoms with van der Waals surface area (Å²) in [6.07, 6.45) is 1.33. The van der Waals surface area contributed by atoms with Crippen molar-refractivity contribution in [3.63, 3.8) is 0 Å². The largest absolute Gasteiger partial charge is 0.486 e. The number of hydrogen-bond donors (Lipinski definition) is 0. The molecule has 0 bridgehead atoms. The predicted molar refractivity (Wildman–Crippen MR) is 105 cm³/mol. The van der Waals surface area contributed by atoms with E-state index in [0.717, 1.165) is 22.9 Å². The molecule has 1 aromatic heterocycles. The number of aromatic nitrogens is 1. The van der Waals surface area contributed by atoms with Gasteiger partial charge in [0, 0.05) is 32.1 Å². The Morgan fingerprint density at radius 3 is 2.77 bits per heavy atom. The lowest BCUT2D eigenvalue weighted by Crippen LogP contribution is -2.31. The van der Waals surface area contributed by atoms with E-state index >= 15 is 0 Å². The minimum Gasteiger partial charge on any atom is -0.486 e. The molecule has 2 aromatic rings. The summed E-state index contributed by atoms with van der Waals surface area (Å²) in [6.45, 7) is 8.37. The highest BCUT2D eigenvalue weighted by Gasteiger charge is 2.14. The Bertz CT molecular complexity index is 715. The Morgan fingerprint density at radius 1 is 1.27 bits per heavy atom. The molecule has 26 heavy (non-hydrogen) atoms. The smallest absolute Gasteiger partial charge is 0.222 e. The van der Waals surface area contributed by atoms with E-state index in [2.05, 4.69) is 24.9 Å². The van der Waals surface area contributed by atoms with Crippen LogP contribution in [0.4, 0.5) is 0 Å². The van der Waals surface area contributed by atoms with Crippen LogP contribution in [0, 0.1) is 13.8 Å². The number of hydrogen-bond acceptors (Lipinski definition) is 5. The molecular formula is C20H28N2O3S. The van der Waals surface area contributed by atoms with E-state index in [-0.39, 0.29) is 5.91 Å². The number of rotatable bonds is 10. The third-order valence-electron chi connectivity index (χ3n) is 4.22. The van der Waals surface area contributed by atoms with Gasteiger partial charge in [0.05, 0.1) is 12.2 Å². The van der Waals surface area contributed by atoms with Gasteiger partial charge in [-0.2, -0.15) is 0 Å². The van der Waals surface area contributed by atoms with E-state index < -0.39 is 0 Å². The molecule has 6 heteroatoms. The Kier molecular flexibility index (Phi) is 8.06. The average Bonchev–Trinajstić information content (AvgIpc) is 3.09. The van der Waals surface area contributed by atoms with Gasteiger partial charge >= 0.3 is 0 Å². The monoisotopic (exact) mass is 376 g/mol. The topological polar surface area (TPSA) is 51.7 Å². The van der Waals surface area contributed by atoms with Gasteiger partial charge in [-0.25, -0.2) is 4.98 Å². The fourth-order valence-electron chi connectivity index (χ4n) is 2.55. The lowest BCUT2D eigenvalue weighted by molar-refractivity contribution is -0.131. The van der Waals surface area contributed by atoms with Crippen LogP contribution in [-0.4, -0.2) is 36.1 Å². The van der Waals surface area contributed by atoms with Gasteiger partial charge in [-0.05, 0) is 43.5 Å². The first kappa shape index (κ1) is 20.4. The van der Waals surface area contributed by atoms with Crippen LogP contribution in [0.25, 0.3) is 0 Å². The minimum atomic E-state index is 0.141. The summed E-state index contributed by atoms with van der Waals surface area (Å²) in [5.74, 6) is 0.995. The second kappa shape index (κ2) is 10.3. The molecule has 2 rings (SSSR count). The van der Waals surface area contributed by atoms with Crippen molar-refractivity contribution in [2.45, 2.75) is 46.8 Å². The lowest BCUT2D eigenvalue weighted by Gasteiger charge is -2.21. The van der Waals surface area contributed by atoms with Gasteiger partial charge < -0.3 is 14.4 Å². The van der Waals surface area contributed by atoms with Gasteiger partial charge in [-0.15, -0.1) is 11.3 Å². The van der Waals surface area contributed by atoms with Gasteiger partial charge in [0.15, 0.2) is 0 Å². The zero-order chi connectivity index (χ0) is 18.9. The summed E-state index contributed by atoms with van der Waals surface area (Å²) in [6, 6.07) is 6.09. The van der Waals surface area contributed by atoms with Crippen LogP contribution in [0.3, 0.4) is 0 Å². The van der Waals surface area contributed by atoms with Gasteiger partial charge in [0.25, 0.3) is 0 Å². The first-order valence-electron chi connectivity index (χ1n) is 8.93. The van der Waals surface area contributed by atoms with Crippen LogP contribution in [0.5, 0.6) is 5.75 Å². The number of methoxy groups -OCH3 is 1. The quantitative estimate of drug-likeness (QED) is 0.586. The molecule has 0 radical (unpaired) electrons. The van der Waals surface area contributed by atoms with Crippen LogP contribution in [0.2, 0.25) is 0 Å². The normalized spacial score (nSPS) is 10.8. The molecule has 0 unspecified atom stereocenters. The molecule has 0 atom stereocenters. The Balaban J connectivity index is 1.92. The second-order valence-corrected chi connectivity index (χ2v) is 7.23. The molecule has 0 saturated heterocycles. The number of aryl methyl sites for hydroxylation is 2. The van der Waals surface area contributed by atoms with Gasteiger partial charge in [0.2, 0.25) is 5.91 Å². The van der Waals surface area contributed by atoms with E-state index in [1.165, 1.54) is 11.1 Å². The summed E-state index contributed by atoms with van der Waals surface area (Å²) < 4.78 is 10.9. The van der Waals surface area contributed by atoms with Crippen molar-refractivity contribution >= 4 is 17.2 Å². The maximum atomic E-state index is 12.1. The minimum absolute atomic E-state index is 0.141. The third-order valence-corrected chi connectivity index (χ3v) is 5.10. The van der Waals surface area contributed by atoms with Crippen molar-refractivity contribution < 1.29 is 14.3 Å². The van der Waals surface area contributed by atoms with E-state index in [4.69, 9.17) is 9.47 Å². The predicted octanol–water partition coefficient (Wildman–Crippen LogP) is 4.11. The molecule has 0 aliphatic heterocycles. The van der Waals surface area contributed by atoms with Crippen molar-refractivity contribution in [2.75, 3.05) is 20.3 Å². The molecule has 0 fully saturated rings. The molecule has 0 N–H and O–H groups in total. The average molecular weight is 377 g/mol. The molecule has 142 valence electrons. The molecule has 0 aliphatic carbocycles. The fraction of sp³-hybridized carbons (Fsp3) is 0.500. The van der Waals surface area contributed by atoms with E-state index in [0.29, 0.717) is 32.7 Å². The van der Waals surface area contributed by atoms with Crippen LogP contribution in [0.15, 0.2) is 23.6 Å². The van der Waals surface area contributed by atoms with Crippen molar-refractivity contribution in [3.05, 3.63) is 45.4 Å². The van der Waals surface area contributed by atoms with Gasteiger partial charge in [-0.3, -0.25) is 4.79 Å². The molecule has 0 aliphatic rings. The summed E-state index contributed by atoms with van der Waals surface area (Å²) in [4.78, 5) is 18.6. The molecule has 0 saturated carbocycles. The number of nitrogens with zero attached hydrogens (tertiary/aromatic N) is 2. The number of ether oxygens (including phenoxy) is 2. The van der Waals surface area contributed by atoms with Gasteiger partial charge in [-0.1, -0.05) is 13.0 Å². The highest BCUT2D eigenvalue weighted by molar-refractivity contribution is 7.09. The van der Waals surface area contributed by atoms with Gasteiger partial charge in [0.1, 0.15) is 17.4 Å². The molecule has 5 nitrogen and oxygen atoms in total. The molecule has 1 amide bonds. The number of carbonyl (C=O) groups is 1. The molecular weight excluding hydrogens is 348 g/mol. The molecule has 0 spiro atoms. The van der Waals surface area contributed by atoms with Crippen LogP contribution in [-0.2, 0) is 22.7 Å². The zero-order valence-electron chi connectivity index (χ0n) is 16.1. The summed E-state index contributed by atoms with van der Waals surface area (Å²) in [7, 11) is 1.67. The van der Waals surface area contributed by atoms with Crippen LogP contribution in [0.1, 0.15) is 41.6 Å².